The second kappa shape index (κ2) is 24.4. The molecule has 0 aliphatic rings. The molecule has 2 atom stereocenters. The number of aliphatic hydroxyl groups is 2. The lowest BCUT2D eigenvalue weighted by molar-refractivity contribution is -0.159. The molecule has 0 aromatic carbocycles. The Balaban J connectivity index is 0. The van der Waals surface area contributed by atoms with Crippen LogP contribution < -0.4 is 20.5 Å². The van der Waals surface area contributed by atoms with Crippen LogP contribution in [0.25, 0.3) is 0 Å². The fraction of sp³-hybridized carbons (Fsp3) is 0.571. The van der Waals surface area contributed by atoms with E-state index in [1.807, 2.05) is 13.8 Å². The number of pyridine rings is 2. The summed E-state index contributed by atoms with van der Waals surface area (Å²) in [5.41, 5.74) is 3.84. The second-order valence-corrected chi connectivity index (χ2v) is 13.6. The molecule has 0 radical (unpaired) electrons. The molecular weight excluding hydrogens is 783 g/mol. The monoisotopic (exact) mass is 824 g/mol. The van der Waals surface area contributed by atoms with E-state index in [9.17, 15) is 19.8 Å². The standard InChI is InChI=1S/C14H21BrN2O3.C8H16O3.C6H7BrN2O.Cl2OS/c1-4-6-7-14(19,5-2)13(18)16-10-8-11(15)17-12(9-10)20-3;1-3-5-6-8(11,4-2)7(9)10;1-10-6-3-4(8)2-5(7)9-6;1-4(2)3/h8-9,19H,4-7H2,1-3H3,(H,16,17,18);11H,3-6H2,1-2H3,(H,9,10);2-3H,1H3,(H2,8,9);. The van der Waals surface area contributed by atoms with Crippen molar-refractivity contribution in [2.45, 2.75) is 90.3 Å². The van der Waals surface area contributed by atoms with Gasteiger partial charge in [0, 0.05) is 44.9 Å². The molecule has 12 nitrogen and oxygen atoms in total. The van der Waals surface area contributed by atoms with Crippen molar-refractivity contribution in [3.8, 4) is 11.8 Å². The zero-order valence-corrected chi connectivity index (χ0v) is 31.7. The number of amides is 1. The summed E-state index contributed by atoms with van der Waals surface area (Å²) in [6.07, 6.45) is 4.88. The number of rotatable bonds is 13. The molecular formula is C28H44Br2Cl2N4O8S. The number of carbonyl (C=O) groups excluding carboxylic acids is 1. The number of hydrogen-bond acceptors (Lipinski definition) is 10. The molecule has 1 amide bonds. The minimum atomic E-state index is -1.67. The van der Waals surface area contributed by atoms with Crippen LogP contribution >= 0.6 is 53.2 Å². The normalized spacial score (nSPS) is 12.8. The third kappa shape index (κ3) is 20.2. The van der Waals surface area contributed by atoms with Gasteiger partial charge < -0.3 is 35.8 Å². The number of nitrogens with two attached hydrogens (primary N) is 1. The molecule has 0 saturated carbocycles. The van der Waals surface area contributed by atoms with Gasteiger partial charge in [-0.15, -0.1) is 0 Å². The number of aliphatic carboxylic acids is 1. The molecule has 2 rings (SSSR count). The SMILES string of the molecule is CCCCC(O)(CC)C(=O)Nc1cc(Br)nc(OC)c1.CCCCC(O)(CC)C(=O)O.COc1cc(N)cc(Br)n1.O=S(Cl)Cl. The Bertz CT molecular complexity index is 1180. The van der Waals surface area contributed by atoms with Gasteiger partial charge in [0.05, 0.1) is 14.2 Å². The van der Waals surface area contributed by atoms with Gasteiger partial charge in [0.15, 0.2) is 5.60 Å². The maximum Gasteiger partial charge on any atom is 0.335 e. The summed E-state index contributed by atoms with van der Waals surface area (Å²) >= 11 is 6.43. The van der Waals surface area contributed by atoms with E-state index in [0.717, 1.165) is 25.7 Å². The number of anilines is 2. The number of unbranched alkanes of at least 4 members (excludes halogenated alkanes) is 2. The zero-order chi connectivity index (χ0) is 35.2. The van der Waals surface area contributed by atoms with Crippen molar-refractivity contribution in [1.82, 2.24) is 9.97 Å². The first kappa shape index (κ1) is 45.4. The number of hydrogen-bond donors (Lipinski definition) is 5. The van der Waals surface area contributed by atoms with Crippen molar-refractivity contribution in [3.05, 3.63) is 33.5 Å². The van der Waals surface area contributed by atoms with Crippen LogP contribution in [0.2, 0.25) is 0 Å². The van der Waals surface area contributed by atoms with E-state index in [-0.39, 0.29) is 6.42 Å². The molecule has 258 valence electrons. The molecule has 2 aromatic heterocycles. The molecule has 0 saturated heterocycles. The Labute approximate surface area is 293 Å². The predicted octanol–water partition coefficient (Wildman–Crippen LogP) is 7.00. The first-order chi connectivity index (χ1) is 21.0. The van der Waals surface area contributed by atoms with Crippen molar-refractivity contribution >= 4 is 85.7 Å². The van der Waals surface area contributed by atoms with E-state index in [2.05, 4.69) is 68.5 Å². The molecule has 45 heavy (non-hydrogen) atoms. The average molecular weight is 827 g/mol. The minimum Gasteiger partial charge on any atom is -0.481 e. The van der Waals surface area contributed by atoms with E-state index in [1.165, 1.54) is 7.11 Å². The van der Waals surface area contributed by atoms with Crippen LogP contribution in [0.15, 0.2) is 33.5 Å². The molecule has 6 N–H and O–H groups in total. The number of carboxylic acid groups (broad SMARTS) is 1. The van der Waals surface area contributed by atoms with Crippen LogP contribution in [-0.2, 0) is 18.8 Å². The highest BCUT2D eigenvalue weighted by Crippen LogP contribution is 2.25. The summed E-state index contributed by atoms with van der Waals surface area (Å²) in [5, 5.41) is 31.2. The van der Waals surface area contributed by atoms with Crippen LogP contribution in [0.3, 0.4) is 0 Å². The maximum atomic E-state index is 12.2. The molecule has 0 fully saturated rings. The van der Waals surface area contributed by atoms with Crippen molar-refractivity contribution in [2.75, 3.05) is 25.3 Å². The van der Waals surface area contributed by atoms with E-state index < -0.39 is 32.3 Å². The highest BCUT2D eigenvalue weighted by Gasteiger charge is 2.33. The van der Waals surface area contributed by atoms with E-state index in [0.29, 0.717) is 51.6 Å². The first-order valence-corrected chi connectivity index (χ1v) is 18.3. The first-order valence-electron chi connectivity index (χ1n) is 13.9. The van der Waals surface area contributed by atoms with E-state index in [4.69, 9.17) is 24.5 Å². The van der Waals surface area contributed by atoms with Gasteiger partial charge in [0.1, 0.15) is 14.8 Å². The molecule has 0 spiro atoms. The molecule has 0 bridgehead atoms. The molecule has 0 aliphatic carbocycles. The van der Waals surface area contributed by atoms with Gasteiger partial charge in [-0.25, -0.2) is 19.0 Å². The van der Waals surface area contributed by atoms with Crippen LogP contribution in [0.4, 0.5) is 11.4 Å². The highest BCUT2D eigenvalue weighted by molar-refractivity contribution is 9.10. The Kier molecular flexibility index (Phi) is 24.6. The number of ether oxygens (including phenoxy) is 2. The Hall–Kier alpha value is -1.75. The van der Waals surface area contributed by atoms with E-state index >= 15 is 0 Å². The quantitative estimate of drug-likeness (QED) is 0.103. The van der Waals surface area contributed by atoms with Crippen LogP contribution in [0.1, 0.15) is 79.1 Å². The summed E-state index contributed by atoms with van der Waals surface area (Å²) in [6.45, 7) is 7.48. The Morgan fingerprint density at radius 1 is 0.889 bits per heavy atom. The summed E-state index contributed by atoms with van der Waals surface area (Å²) in [7, 11) is 10.4. The zero-order valence-electron chi connectivity index (χ0n) is 26.2. The summed E-state index contributed by atoms with van der Waals surface area (Å²) in [5.74, 6) is -0.586. The van der Waals surface area contributed by atoms with Crippen molar-refractivity contribution < 1.29 is 38.6 Å². The topological polar surface area (TPSA) is 194 Å². The fourth-order valence-corrected chi connectivity index (χ4v) is 4.18. The largest absolute Gasteiger partial charge is 0.481 e. The van der Waals surface area contributed by atoms with Gasteiger partial charge in [0.2, 0.25) is 21.0 Å². The molecule has 2 unspecified atom stereocenters. The summed E-state index contributed by atoms with van der Waals surface area (Å²) in [4.78, 5) is 30.8. The number of nitrogens with zero attached hydrogens (tertiary/aromatic N) is 2. The van der Waals surface area contributed by atoms with E-state index in [1.54, 1.807) is 45.2 Å². The molecule has 2 heterocycles. The Morgan fingerprint density at radius 3 is 1.69 bits per heavy atom. The Morgan fingerprint density at radius 2 is 1.31 bits per heavy atom. The summed E-state index contributed by atoms with van der Waals surface area (Å²) < 4.78 is 20.2. The highest BCUT2D eigenvalue weighted by atomic mass is 79.9. The lowest BCUT2D eigenvalue weighted by atomic mass is 9.93. The number of nitrogens with one attached hydrogen (secondary N) is 1. The minimum absolute atomic E-state index is 0.280. The number of aromatic nitrogens is 2. The van der Waals surface area contributed by atoms with Gasteiger partial charge in [-0.2, -0.15) is 0 Å². The summed E-state index contributed by atoms with van der Waals surface area (Å²) in [6, 6.07) is 6.64. The molecule has 2 aromatic rings. The van der Waals surface area contributed by atoms with Crippen LogP contribution in [0.5, 0.6) is 11.8 Å². The van der Waals surface area contributed by atoms with Gasteiger partial charge in [-0.05, 0) is 69.7 Å². The van der Waals surface area contributed by atoms with Crippen LogP contribution in [-0.4, -0.2) is 66.8 Å². The molecule has 0 aliphatic heterocycles. The predicted molar refractivity (Wildman–Crippen MR) is 187 cm³/mol. The lowest BCUT2D eigenvalue weighted by Gasteiger charge is -2.25. The number of carbonyl (C=O) groups is 2. The third-order valence-corrected chi connectivity index (χ3v) is 6.93. The maximum absolute atomic E-state index is 12.2. The molecule has 17 heteroatoms. The average Bonchev–Trinajstić information content (AvgIpc) is 2.97. The smallest absolute Gasteiger partial charge is 0.335 e. The van der Waals surface area contributed by atoms with Gasteiger partial charge >= 0.3 is 5.97 Å². The van der Waals surface area contributed by atoms with Gasteiger partial charge in [-0.3, -0.25) is 4.79 Å². The lowest BCUT2D eigenvalue weighted by Crippen LogP contribution is -2.42. The van der Waals surface area contributed by atoms with Gasteiger partial charge in [-0.1, -0.05) is 53.4 Å². The van der Waals surface area contributed by atoms with Gasteiger partial charge in [0.25, 0.3) is 5.91 Å². The second-order valence-electron chi connectivity index (χ2n) is 9.41. The fourth-order valence-electron chi connectivity index (χ4n) is 3.32. The number of methoxy groups -OCH3 is 2. The third-order valence-electron chi connectivity index (χ3n) is 6.12. The van der Waals surface area contributed by atoms with Crippen molar-refractivity contribution in [1.29, 1.82) is 0 Å². The number of nitrogen functional groups attached to an aromatic ring is 1. The van der Waals surface area contributed by atoms with Crippen LogP contribution in [0, 0.1) is 0 Å². The number of carboxylic acids is 1. The van der Waals surface area contributed by atoms with Crippen molar-refractivity contribution in [2.24, 2.45) is 0 Å². The number of halogens is 4. The van der Waals surface area contributed by atoms with Crippen molar-refractivity contribution in [3.63, 3.8) is 0 Å².